The molecule has 1 fully saturated rings. The van der Waals surface area contributed by atoms with Gasteiger partial charge in [-0.15, -0.1) is 0 Å². The number of piperidine rings is 1. The molecular formula is C12H17N3O3. The molecule has 1 saturated heterocycles. The molecule has 0 spiro atoms. The minimum Gasteiger partial charge on any atom is -0.476 e. The van der Waals surface area contributed by atoms with Crippen LogP contribution in [0.2, 0.25) is 0 Å². The molecule has 18 heavy (non-hydrogen) atoms. The quantitative estimate of drug-likeness (QED) is 0.773. The van der Waals surface area contributed by atoms with Gasteiger partial charge in [-0.2, -0.15) is 5.10 Å². The number of carbonyl (C=O) groups excluding carboxylic acids is 1. The Labute approximate surface area is 105 Å². The second-order valence-electron chi connectivity index (χ2n) is 4.87. The summed E-state index contributed by atoms with van der Waals surface area (Å²) in [7, 11) is 0. The predicted octanol–water partition coefficient (Wildman–Crippen LogP) is 0.181. The summed E-state index contributed by atoms with van der Waals surface area (Å²) in [6.07, 6.45) is 1.02. The average molecular weight is 251 g/mol. The van der Waals surface area contributed by atoms with Gasteiger partial charge in [0, 0.05) is 18.7 Å². The molecule has 6 nitrogen and oxygen atoms in total. The highest BCUT2D eigenvalue weighted by Crippen LogP contribution is 2.26. The van der Waals surface area contributed by atoms with Crippen LogP contribution >= 0.6 is 0 Å². The van der Waals surface area contributed by atoms with E-state index in [-0.39, 0.29) is 12.0 Å². The van der Waals surface area contributed by atoms with Crippen LogP contribution in [0.25, 0.3) is 0 Å². The van der Waals surface area contributed by atoms with E-state index in [4.69, 9.17) is 4.74 Å². The maximum absolute atomic E-state index is 12.3. The predicted molar refractivity (Wildman–Crippen MR) is 63.6 cm³/mol. The van der Waals surface area contributed by atoms with Crippen molar-refractivity contribution >= 4 is 5.91 Å². The Morgan fingerprint density at radius 1 is 1.39 bits per heavy atom. The lowest BCUT2D eigenvalue weighted by Gasteiger charge is -2.29. The van der Waals surface area contributed by atoms with E-state index in [0.717, 1.165) is 11.4 Å². The third-order valence-electron chi connectivity index (χ3n) is 3.63. The van der Waals surface area contributed by atoms with Crippen LogP contribution in [-0.2, 0) is 6.54 Å². The Balaban J connectivity index is 1.80. The molecular weight excluding hydrogens is 234 g/mol. The van der Waals surface area contributed by atoms with E-state index in [1.807, 2.05) is 6.92 Å². The van der Waals surface area contributed by atoms with Crippen LogP contribution in [-0.4, -0.2) is 51.5 Å². The molecule has 0 bridgehead atoms. The molecule has 1 N–H and O–H groups in total. The Hall–Kier alpha value is -1.56. The number of fused-ring (bicyclic) bond motifs is 1. The van der Waals surface area contributed by atoms with Crippen molar-refractivity contribution in [1.82, 2.24) is 14.7 Å². The molecule has 1 amide bonds. The molecule has 3 rings (SSSR count). The molecule has 2 aliphatic rings. The van der Waals surface area contributed by atoms with Gasteiger partial charge < -0.3 is 14.7 Å². The monoisotopic (exact) mass is 251 g/mol. The number of likely N-dealkylation sites (tertiary alicyclic amines) is 1. The SMILES string of the molecule is Cc1c(C(=O)N2CCC(O)CC2)nn2c1OCC2. The first-order valence-electron chi connectivity index (χ1n) is 6.34. The van der Waals surface area contributed by atoms with Crippen LogP contribution < -0.4 is 4.74 Å². The lowest BCUT2D eigenvalue weighted by molar-refractivity contribution is 0.0540. The van der Waals surface area contributed by atoms with Crippen molar-refractivity contribution in [3.05, 3.63) is 11.3 Å². The summed E-state index contributed by atoms with van der Waals surface area (Å²) in [5.41, 5.74) is 1.31. The second-order valence-corrected chi connectivity index (χ2v) is 4.87. The Kier molecular flexibility index (Phi) is 2.74. The molecule has 0 aliphatic carbocycles. The van der Waals surface area contributed by atoms with Gasteiger partial charge in [-0.1, -0.05) is 0 Å². The number of ether oxygens (including phenoxy) is 1. The van der Waals surface area contributed by atoms with Gasteiger partial charge in [-0.3, -0.25) is 4.79 Å². The average Bonchev–Trinajstić information content (AvgIpc) is 2.93. The van der Waals surface area contributed by atoms with E-state index in [0.29, 0.717) is 44.8 Å². The van der Waals surface area contributed by atoms with Crippen LogP contribution in [0.4, 0.5) is 0 Å². The van der Waals surface area contributed by atoms with E-state index in [9.17, 15) is 9.90 Å². The zero-order valence-electron chi connectivity index (χ0n) is 10.4. The van der Waals surface area contributed by atoms with Crippen LogP contribution in [0.3, 0.4) is 0 Å². The summed E-state index contributed by atoms with van der Waals surface area (Å²) in [5, 5.41) is 13.8. The number of carbonyl (C=O) groups is 1. The third kappa shape index (κ3) is 1.77. The van der Waals surface area contributed by atoms with Crippen molar-refractivity contribution in [1.29, 1.82) is 0 Å². The van der Waals surface area contributed by atoms with E-state index < -0.39 is 0 Å². The highest BCUT2D eigenvalue weighted by Gasteiger charge is 2.29. The maximum atomic E-state index is 12.3. The normalized spacial score (nSPS) is 19.8. The van der Waals surface area contributed by atoms with E-state index in [1.54, 1.807) is 9.58 Å². The number of amides is 1. The molecule has 2 aliphatic heterocycles. The van der Waals surface area contributed by atoms with Gasteiger partial charge >= 0.3 is 0 Å². The highest BCUT2D eigenvalue weighted by atomic mass is 16.5. The van der Waals surface area contributed by atoms with Crippen molar-refractivity contribution in [2.75, 3.05) is 19.7 Å². The van der Waals surface area contributed by atoms with Gasteiger partial charge in [0.25, 0.3) is 5.91 Å². The van der Waals surface area contributed by atoms with Gasteiger partial charge in [0.2, 0.25) is 5.88 Å². The van der Waals surface area contributed by atoms with Gasteiger partial charge in [0.1, 0.15) is 6.61 Å². The fourth-order valence-electron chi connectivity index (χ4n) is 2.52. The molecule has 98 valence electrons. The first kappa shape index (κ1) is 11.5. The fourth-order valence-corrected chi connectivity index (χ4v) is 2.52. The number of hydrogen-bond donors (Lipinski definition) is 1. The smallest absolute Gasteiger partial charge is 0.274 e. The fraction of sp³-hybridized carbons (Fsp3) is 0.667. The zero-order valence-corrected chi connectivity index (χ0v) is 10.4. The van der Waals surface area contributed by atoms with Crippen molar-refractivity contribution < 1.29 is 14.6 Å². The zero-order chi connectivity index (χ0) is 12.7. The maximum Gasteiger partial charge on any atom is 0.274 e. The molecule has 0 radical (unpaired) electrons. The molecule has 0 aromatic carbocycles. The van der Waals surface area contributed by atoms with Gasteiger partial charge in [0.05, 0.1) is 12.6 Å². The summed E-state index contributed by atoms with van der Waals surface area (Å²) in [5.74, 6) is 0.667. The Bertz CT molecular complexity index is 475. The molecule has 0 saturated carbocycles. The molecule has 1 aromatic heterocycles. The lowest BCUT2D eigenvalue weighted by atomic mass is 10.1. The number of aromatic nitrogens is 2. The molecule has 6 heteroatoms. The van der Waals surface area contributed by atoms with Crippen molar-refractivity contribution in [2.45, 2.75) is 32.4 Å². The number of hydrogen-bond acceptors (Lipinski definition) is 4. The van der Waals surface area contributed by atoms with E-state index in [2.05, 4.69) is 5.10 Å². The molecule has 0 unspecified atom stereocenters. The second kappa shape index (κ2) is 4.28. The number of nitrogens with zero attached hydrogens (tertiary/aromatic N) is 3. The van der Waals surface area contributed by atoms with Crippen LogP contribution in [0.15, 0.2) is 0 Å². The summed E-state index contributed by atoms with van der Waals surface area (Å²) >= 11 is 0. The van der Waals surface area contributed by atoms with Crippen LogP contribution in [0.5, 0.6) is 5.88 Å². The Morgan fingerprint density at radius 3 is 2.78 bits per heavy atom. The first-order chi connectivity index (χ1) is 8.66. The minimum absolute atomic E-state index is 0.0510. The number of rotatable bonds is 1. The highest BCUT2D eigenvalue weighted by molar-refractivity contribution is 5.94. The molecule has 1 aromatic rings. The summed E-state index contributed by atoms with van der Waals surface area (Å²) in [6, 6.07) is 0. The van der Waals surface area contributed by atoms with Crippen LogP contribution in [0, 0.1) is 6.92 Å². The Morgan fingerprint density at radius 2 is 2.11 bits per heavy atom. The van der Waals surface area contributed by atoms with Crippen molar-refractivity contribution in [3.63, 3.8) is 0 Å². The van der Waals surface area contributed by atoms with Gasteiger partial charge in [0.15, 0.2) is 5.69 Å². The van der Waals surface area contributed by atoms with Crippen molar-refractivity contribution in [2.24, 2.45) is 0 Å². The van der Waals surface area contributed by atoms with E-state index >= 15 is 0 Å². The number of aliphatic hydroxyl groups is 1. The molecule has 3 heterocycles. The molecule has 0 atom stereocenters. The largest absolute Gasteiger partial charge is 0.476 e. The van der Waals surface area contributed by atoms with Gasteiger partial charge in [-0.25, -0.2) is 4.68 Å². The van der Waals surface area contributed by atoms with Gasteiger partial charge in [-0.05, 0) is 19.8 Å². The standard InChI is InChI=1S/C12H17N3O3/c1-8-10(13-15-6-7-18-12(8)15)11(17)14-4-2-9(16)3-5-14/h9,16H,2-7H2,1H3. The topological polar surface area (TPSA) is 67.6 Å². The summed E-state index contributed by atoms with van der Waals surface area (Å²) < 4.78 is 7.21. The first-order valence-corrected chi connectivity index (χ1v) is 6.34. The van der Waals surface area contributed by atoms with Crippen molar-refractivity contribution in [3.8, 4) is 5.88 Å². The number of aliphatic hydroxyl groups excluding tert-OH is 1. The third-order valence-corrected chi connectivity index (χ3v) is 3.63. The van der Waals surface area contributed by atoms with E-state index in [1.165, 1.54) is 0 Å². The minimum atomic E-state index is -0.273. The lowest BCUT2D eigenvalue weighted by Crippen LogP contribution is -2.40. The summed E-state index contributed by atoms with van der Waals surface area (Å²) in [6.45, 7) is 4.41. The summed E-state index contributed by atoms with van der Waals surface area (Å²) in [4.78, 5) is 14.1. The van der Waals surface area contributed by atoms with Crippen LogP contribution in [0.1, 0.15) is 28.9 Å².